The Kier molecular flexibility index (Phi) is 8.09. The molecule has 0 radical (unpaired) electrons. The minimum absolute atomic E-state index is 0.956. The van der Waals surface area contributed by atoms with Gasteiger partial charge in [0.1, 0.15) is 0 Å². The number of allylic oxidation sites excluding steroid dienone is 2. The lowest BCUT2D eigenvalue weighted by Gasteiger charge is -1.95. The van der Waals surface area contributed by atoms with Gasteiger partial charge in [0.15, 0.2) is 0 Å². The largest absolute Gasteiger partial charge is 0.293 e. The van der Waals surface area contributed by atoms with Gasteiger partial charge in [-0.2, -0.15) is 0 Å². The highest BCUT2D eigenvalue weighted by atomic mass is 14.7. The fourth-order valence-electron chi connectivity index (χ4n) is 0.923. The van der Waals surface area contributed by atoms with Gasteiger partial charge in [-0.05, 0) is 32.3 Å². The monoisotopic (exact) mass is 167 g/mol. The Labute approximate surface area is 76.6 Å². The second kappa shape index (κ2) is 8.51. The molecule has 0 unspecified atom stereocenters. The summed E-state index contributed by atoms with van der Waals surface area (Å²) < 4.78 is 0. The number of hydrogen-bond donors (Lipinski definition) is 0. The predicted octanol–water partition coefficient (Wildman–Crippen LogP) is 3.60. The van der Waals surface area contributed by atoms with Crippen LogP contribution < -0.4 is 0 Å². The van der Waals surface area contributed by atoms with E-state index in [1.54, 1.807) is 0 Å². The van der Waals surface area contributed by atoms with Gasteiger partial charge in [-0.15, -0.1) is 0 Å². The van der Waals surface area contributed by atoms with Crippen LogP contribution >= 0.6 is 0 Å². The molecule has 0 aromatic rings. The van der Waals surface area contributed by atoms with E-state index in [2.05, 4.69) is 31.8 Å². The Morgan fingerprint density at radius 3 is 2.58 bits per heavy atom. The molecule has 0 aromatic heterocycles. The molecule has 0 amide bonds. The molecule has 1 heteroatoms. The van der Waals surface area contributed by atoms with Crippen LogP contribution in [0.3, 0.4) is 0 Å². The van der Waals surface area contributed by atoms with Crippen molar-refractivity contribution in [3.63, 3.8) is 0 Å². The molecule has 0 heterocycles. The average molecular weight is 167 g/mol. The number of nitrogens with zero attached hydrogens (tertiary/aromatic N) is 1. The molecular weight excluding hydrogens is 146 g/mol. The normalized spacial score (nSPS) is 12.8. The minimum atomic E-state index is 0.956. The summed E-state index contributed by atoms with van der Waals surface area (Å²) in [5.41, 5.74) is 1.44. The summed E-state index contributed by atoms with van der Waals surface area (Å²) in [5.74, 6) is 0. The lowest BCUT2D eigenvalue weighted by molar-refractivity contribution is 0.788. The second-order valence-corrected chi connectivity index (χ2v) is 3.17. The summed E-state index contributed by atoms with van der Waals surface area (Å²) in [4.78, 5) is 4.24. The van der Waals surface area contributed by atoms with Gasteiger partial charge >= 0.3 is 0 Å². The molecule has 0 aliphatic carbocycles. The highest BCUT2D eigenvalue weighted by Gasteiger charge is 1.85. The van der Waals surface area contributed by atoms with Crippen LogP contribution in [-0.4, -0.2) is 12.8 Å². The number of unbranched alkanes of at least 4 members (excludes halogenated alkanes) is 1. The first-order valence-corrected chi connectivity index (χ1v) is 4.96. The van der Waals surface area contributed by atoms with E-state index < -0.39 is 0 Å². The van der Waals surface area contributed by atoms with E-state index in [-0.39, 0.29) is 0 Å². The van der Waals surface area contributed by atoms with E-state index in [4.69, 9.17) is 0 Å². The van der Waals surface area contributed by atoms with Crippen LogP contribution in [0.25, 0.3) is 0 Å². The molecule has 1 nitrogen and oxygen atoms in total. The third kappa shape index (κ3) is 7.52. The van der Waals surface area contributed by atoms with E-state index in [1.165, 1.54) is 24.8 Å². The average Bonchev–Trinajstić information content (AvgIpc) is 2.09. The molecule has 0 saturated heterocycles. The first-order valence-electron chi connectivity index (χ1n) is 4.96. The van der Waals surface area contributed by atoms with Crippen molar-refractivity contribution in [2.24, 2.45) is 4.99 Å². The number of aliphatic imine (C=N–C) groups is 1. The molecule has 0 fully saturated rings. The zero-order valence-corrected chi connectivity index (χ0v) is 8.64. The van der Waals surface area contributed by atoms with Crippen molar-refractivity contribution >= 4 is 6.21 Å². The van der Waals surface area contributed by atoms with Crippen molar-refractivity contribution in [1.82, 2.24) is 0 Å². The lowest BCUT2D eigenvalue weighted by atomic mass is 10.1. The molecule has 0 spiro atoms. The summed E-state index contributed by atoms with van der Waals surface area (Å²) in [6.07, 6.45) is 8.99. The fourth-order valence-corrected chi connectivity index (χ4v) is 0.923. The van der Waals surface area contributed by atoms with Gasteiger partial charge in [0.25, 0.3) is 0 Å². The molecule has 0 N–H and O–H groups in total. The summed E-state index contributed by atoms with van der Waals surface area (Å²) >= 11 is 0. The molecular formula is C11H21N. The maximum atomic E-state index is 4.24. The van der Waals surface area contributed by atoms with Crippen molar-refractivity contribution in [2.45, 2.75) is 46.5 Å². The topological polar surface area (TPSA) is 12.4 Å². The quantitative estimate of drug-likeness (QED) is 0.536. The summed E-state index contributed by atoms with van der Waals surface area (Å²) in [7, 11) is 0. The number of rotatable bonds is 6. The highest BCUT2D eigenvalue weighted by Crippen LogP contribution is 2.04. The summed E-state index contributed by atoms with van der Waals surface area (Å²) in [6, 6.07) is 0. The maximum Gasteiger partial charge on any atom is 0.0386 e. The first kappa shape index (κ1) is 11.4. The van der Waals surface area contributed by atoms with Gasteiger partial charge in [-0.1, -0.05) is 25.8 Å². The van der Waals surface area contributed by atoms with Gasteiger partial charge in [-0.3, -0.25) is 4.99 Å². The molecule has 0 bridgehead atoms. The van der Waals surface area contributed by atoms with Crippen molar-refractivity contribution < 1.29 is 0 Å². The Balaban J connectivity index is 3.53. The van der Waals surface area contributed by atoms with Gasteiger partial charge in [0, 0.05) is 12.8 Å². The van der Waals surface area contributed by atoms with Crippen LogP contribution in [0.4, 0.5) is 0 Å². The maximum absolute atomic E-state index is 4.24. The van der Waals surface area contributed by atoms with E-state index in [0.29, 0.717) is 0 Å². The van der Waals surface area contributed by atoms with Crippen molar-refractivity contribution in [3.8, 4) is 0 Å². The fraction of sp³-hybridized carbons (Fsp3) is 0.727. The SMILES string of the molecule is CCCC/C(C)=C/C=N\CCC. The van der Waals surface area contributed by atoms with E-state index >= 15 is 0 Å². The minimum Gasteiger partial charge on any atom is -0.293 e. The van der Waals surface area contributed by atoms with E-state index in [1.807, 2.05) is 6.21 Å². The molecule has 70 valence electrons. The van der Waals surface area contributed by atoms with Gasteiger partial charge in [-0.25, -0.2) is 0 Å². The van der Waals surface area contributed by atoms with Gasteiger partial charge in [0.05, 0.1) is 0 Å². The number of hydrogen-bond acceptors (Lipinski definition) is 1. The standard InChI is InChI=1S/C11H21N/c1-4-6-7-11(3)8-10-12-9-5-2/h8,10H,4-7,9H2,1-3H3/b11-8+,12-10-. The van der Waals surface area contributed by atoms with E-state index in [9.17, 15) is 0 Å². The molecule has 0 atom stereocenters. The molecule has 0 aromatic carbocycles. The molecule has 0 saturated carbocycles. The van der Waals surface area contributed by atoms with Crippen LogP contribution in [0, 0.1) is 0 Å². The van der Waals surface area contributed by atoms with Crippen LogP contribution in [-0.2, 0) is 0 Å². The second-order valence-electron chi connectivity index (χ2n) is 3.17. The van der Waals surface area contributed by atoms with Crippen molar-refractivity contribution in [3.05, 3.63) is 11.6 Å². The first-order chi connectivity index (χ1) is 5.81. The Morgan fingerprint density at radius 2 is 2.00 bits per heavy atom. The third-order valence-corrected chi connectivity index (χ3v) is 1.74. The Bertz CT molecular complexity index is 145. The molecule has 0 aliphatic heterocycles. The smallest absolute Gasteiger partial charge is 0.0386 e. The highest BCUT2D eigenvalue weighted by molar-refractivity contribution is 5.71. The Morgan fingerprint density at radius 1 is 1.25 bits per heavy atom. The van der Waals surface area contributed by atoms with Crippen LogP contribution in [0.2, 0.25) is 0 Å². The van der Waals surface area contributed by atoms with Gasteiger partial charge < -0.3 is 0 Å². The van der Waals surface area contributed by atoms with Crippen LogP contribution in [0.5, 0.6) is 0 Å². The van der Waals surface area contributed by atoms with Crippen molar-refractivity contribution in [1.29, 1.82) is 0 Å². The van der Waals surface area contributed by atoms with Crippen molar-refractivity contribution in [2.75, 3.05) is 6.54 Å². The van der Waals surface area contributed by atoms with E-state index in [0.717, 1.165) is 13.0 Å². The van der Waals surface area contributed by atoms with Crippen LogP contribution in [0.15, 0.2) is 16.6 Å². The van der Waals surface area contributed by atoms with Crippen LogP contribution in [0.1, 0.15) is 46.5 Å². The molecule has 0 rings (SSSR count). The third-order valence-electron chi connectivity index (χ3n) is 1.74. The van der Waals surface area contributed by atoms with Gasteiger partial charge in [0.2, 0.25) is 0 Å². The predicted molar refractivity (Wildman–Crippen MR) is 56.9 cm³/mol. The Hall–Kier alpha value is -0.590. The summed E-state index contributed by atoms with van der Waals surface area (Å²) in [6.45, 7) is 7.49. The molecule has 12 heavy (non-hydrogen) atoms. The molecule has 0 aliphatic rings. The summed E-state index contributed by atoms with van der Waals surface area (Å²) in [5, 5.41) is 0. The zero-order valence-electron chi connectivity index (χ0n) is 8.64. The lowest BCUT2D eigenvalue weighted by Crippen LogP contribution is -1.80. The zero-order chi connectivity index (χ0) is 9.23.